The van der Waals surface area contributed by atoms with Gasteiger partial charge in [0.2, 0.25) is 11.8 Å². The predicted molar refractivity (Wildman–Crippen MR) is 120 cm³/mol. The minimum Gasteiger partial charge on any atom is -0.376 e. The second-order valence-electron chi connectivity index (χ2n) is 8.17. The molecule has 0 bridgehead atoms. The lowest BCUT2D eigenvalue weighted by atomic mass is 10.1. The van der Waals surface area contributed by atoms with E-state index < -0.39 is 0 Å². The number of likely N-dealkylation sites (tertiary alicyclic amines) is 1. The van der Waals surface area contributed by atoms with Crippen LogP contribution >= 0.6 is 0 Å². The van der Waals surface area contributed by atoms with E-state index >= 15 is 0 Å². The summed E-state index contributed by atoms with van der Waals surface area (Å²) in [5.74, 6) is 0.204. The number of nitrogens with one attached hydrogen (secondary N) is 3. The van der Waals surface area contributed by atoms with Crippen molar-refractivity contribution in [1.29, 1.82) is 0 Å². The summed E-state index contributed by atoms with van der Waals surface area (Å²) in [6, 6.07) is 14.7. The van der Waals surface area contributed by atoms with Crippen LogP contribution in [0.2, 0.25) is 0 Å². The van der Waals surface area contributed by atoms with Crippen LogP contribution in [0, 0.1) is 5.92 Å². The van der Waals surface area contributed by atoms with Crippen molar-refractivity contribution in [3.05, 3.63) is 59.7 Å². The smallest absolute Gasteiger partial charge is 0.253 e. The van der Waals surface area contributed by atoms with Crippen molar-refractivity contribution in [3.8, 4) is 0 Å². The van der Waals surface area contributed by atoms with Gasteiger partial charge in [-0.05, 0) is 67.6 Å². The van der Waals surface area contributed by atoms with Crippen LogP contribution in [-0.4, -0.2) is 42.3 Å². The molecule has 0 aromatic heterocycles. The first-order chi connectivity index (χ1) is 15.1. The third-order valence-corrected chi connectivity index (χ3v) is 5.64. The lowest BCUT2D eigenvalue weighted by Gasteiger charge is -2.15. The highest BCUT2D eigenvalue weighted by Gasteiger charge is 2.29. The molecule has 3 N–H and O–H groups in total. The van der Waals surface area contributed by atoms with Crippen LogP contribution in [0.4, 0.5) is 11.4 Å². The number of anilines is 2. The van der Waals surface area contributed by atoms with Crippen LogP contribution < -0.4 is 16.0 Å². The lowest BCUT2D eigenvalue weighted by Crippen LogP contribution is -2.29. The van der Waals surface area contributed by atoms with Gasteiger partial charge in [-0.15, -0.1) is 0 Å². The van der Waals surface area contributed by atoms with Crippen LogP contribution in [0.5, 0.6) is 0 Å². The molecule has 7 nitrogen and oxygen atoms in total. The molecule has 1 aliphatic heterocycles. The van der Waals surface area contributed by atoms with E-state index in [2.05, 4.69) is 16.0 Å². The van der Waals surface area contributed by atoms with E-state index in [1.165, 1.54) is 0 Å². The Balaban J connectivity index is 1.18. The summed E-state index contributed by atoms with van der Waals surface area (Å²) in [7, 11) is 0. The Hall–Kier alpha value is -3.35. The lowest BCUT2D eigenvalue weighted by molar-refractivity contribution is -0.119. The normalized spacial score (nSPS) is 15.4. The first kappa shape index (κ1) is 20.9. The second-order valence-corrected chi connectivity index (χ2v) is 8.17. The van der Waals surface area contributed by atoms with Crippen molar-refractivity contribution in [1.82, 2.24) is 10.2 Å². The fourth-order valence-corrected chi connectivity index (χ4v) is 3.57. The van der Waals surface area contributed by atoms with Gasteiger partial charge >= 0.3 is 0 Å². The molecule has 4 rings (SSSR count). The Labute approximate surface area is 182 Å². The molecule has 3 amide bonds. The van der Waals surface area contributed by atoms with Crippen molar-refractivity contribution in [2.75, 3.05) is 30.3 Å². The zero-order chi connectivity index (χ0) is 21.6. The first-order valence-corrected chi connectivity index (χ1v) is 10.9. The maximum atomic E-state index is 12.4. The Bertz CT molecular complexity index is 930. The van der Waals surface area contributed by atoms with Gasteiger partial charge in [0.05, 0.1) is 6.54 Å². The molecule has 31 heavy (non-hydrogen) atoms. The van der Waals surface area contributed by atoms with Gasteiger partial charge in [-0.25, -0.2) is 0 Å². The molecule has 0 unspecified atom stereocenters. The quantitative estimate of drug-likeness (QED) is 0.612. The topological polar surface area (TPSA) is 90.5 Å². The molecule has 2 aliphatic rings. The molecule has 1 saturated heterocycles. The van der Waals surface area contributed by atoms with Gasteiger partial charge in [-0.1, -0.05) is 12.1 Å². The highest BCUT2D eigenvalue weighted by Crippen LogP contribution is 2.30. The number of amides is 3. The molecular formula is C24H28N4O3. The molecule has 2 aromatic rings. The molecular weight excluding hydrogens is 392 g/mol. The van der Waals surface area contributed by atoms with E-state index in [9.17, 15) is 14.4 Å². The van der Waals surface area contributed by atoms with Crippen molar-refractivity contribution in [2.24, 2.45) is 5.92 Å². The number of nitrogens with zero attached hydrogens (tertiary/aromatic N) is 1. The third kappa shape index (κ3) is 5.84. The van der Waals surface area contributed by atoms with Crippen LogP contribution in [-0.2, 0) is 16.1 Å². The standard InChI is InChI=1S/C24H28N4O3/c29-22(16-25-20-9-11-21(12-10-20)27-23(30)18-7-8-18)26-15-17-3-5-19(6-4-17)24(31)28-13-1-2-14-28/h3-6,9-12,18,25H,1-2,7-8,13-16H2,(H,26,29)(H,27,30). The fraction of sp³-hybridized carbons (Fsp3) is 0.375. The van der Waals surface area contributed by atoms with Crippen LogP contribution in [0.15, 0.2) is 48.5 Å². The number of rotatable bonds is 8. The van der Waals surface area contributed by atoms with Gasteiger partial charge in [-0.2, -0.15) is 0 Å². The average Bonchev–Trinajstić information content (AvgIpc) is 3.51. The zero-order valence-corrected chi connectivity index (χ0v) is 17.5. The number of hydrogen-bond acceptors (Lipinski definition) is 4. The zero-order valence-electron chi connectivity index (χ0n) is 17.5. The van der Waals surface area contributed by atoms with Crippen LogP contribution in [0.1, 0.15) is 41.6 Å². The molecule has 0 atom stereocenters. The summed E-state index contributed by atoms with van der Waals surface area (Å²) in [4.78, 5) is 38.2. The maximum Gasteiger partial charge on any atom is 0.253 e. The molecule has 1 heterocycles. The molecule has 0 radical (unpaired) electrons. The SMILES string of the molecule is O=C(CNc1ccc(NC(=O)C2CC2)cc1)NCc1ccc(C(=O)N2CCCC2)cc1. The summed E-state index contributed by atoms with van der Waals surface area (Å²) < 4.78 is 0. The van der Waals surface area contributed by atoms with Crippen molar-refractivity contribution < 1.29 is 14.4 Å². The molecule has 7 heteroatoms. The monoisotopic (exact) mass is 420 g/mol. The number of benzene rings is 2. The molecule has 2 aromatic carbocycles. The van der Waals surface area contributed by atoms with E-state index in [1.807, 2.05) is 53.4 Å². The Morgan fingerprint density at radius 2 is 1.52 bits per heavy atom. The fourth-order valence-electron chi connectivity index (χ4n) is 3.57. The van der Waals surface area contributed by atoms with Gasteiger partial charge in [0.25, 0.3) is 5.91 Å². The van der Waals surface area contributed by atoms with Crippen LogP contribution in [0.3, 0.4) is 0 Å². The van der Waals surface area contributed by atoms with Gasteiger partial charge < -0.3 is 20.9 Å². The van der Waals surface area contributed by atoms with Crippen molar-refractivity contribution in [3.63, 3.8) is 0 Å². The van der Waals surface area contributed by atoms with Crippen molar-refractivity contribution in [2.45, 2.75) is 32.2 Å². The van der Waals surface area contributed by atoms with E-state index in [1.54, 1.807) is 0 Å². The summed E-state index contributed by atoms with van der Waals surface area (Å²) in [5.41, 5.74) is 3.21. The summed E-state index contributed by atoms with van der Waals surface area (Å²) in [6.07, 6.45) is 4.10. The second kappa shape index (κ2) is 9.64. The van der Waals surface area contributed by atoms with E-state index in [0.29, 0.717) is 12.1 Å². The van der Waals surface area contributed by atoms with E-state index in [-0.39, 0.29) is 30.2 Å². The highest BCUT2D eigenvalue weighted by molar-refractivity contribution is 5.95. The molecule has 1 saturated carbocycles. The van der Waals surface area contributed by atoms with Crippen molar-refractivity contribution >= 4 is 29.1 Å². The Kier molecular flexibility index (Phi) is 6.50. The molecule has 162 valence electrons. The molecule has 1 aliphatic carbocycles. The predicted octanol–water partition coefficient (Wildman–Crippen LogP) is 3.00. The van der Waals surface area contributed by atoms with Gasteiger partial charge in [0.1, 0.15) is 0 Å². The molecule has 0 spiro atoms. The summed E-state index contributed by atoms with van der Waals surface area (Å²) in [5, 5.41) is 8.84. The van der Waals surface area contributed by atoms with E-state index in [0.717, 1.165) is 55.7 Å². The number of carbonyl (C=O) groups excluding carboxylic acids is 3. The van der Waals surface area contributed by atoms with E-state index in [4.69, 9.17) is 0 Å². The van der Waals surface area contributed by atoms with Gasteiger partial charge in [0, 0.05) is 42.5 Å². The first-order valence-electron chi connectivity index (χ1n) is 10.9. The van der Waals surface area contributed by atoms with Crippen LogP contribution in [0.25, 0.3) is 0 Å². The summed E-state index contributed by atoms with van der Waals surface area (Å²) in [6.45, 7) is 2.23. The Morgan fingerprint density at radius 3 is 2.16 bits per heavy atom. The minimum absolute atomic E-state index is 0.0773. The highest BCUT2D eigenvalue weighted by atomic mass is 16.2. The third-order valence-electron chi connectivity index (χ3n) is 5.64. The largest absolute Gasteiger partial charge is 0.376 e. The maximum absolute atomic E-state index is 12.4. The summed E-state index contributed by atoms with van der Waals surface area (Å²) >= 11 is 0. The average molecular weight is 421 g/mol. The number of hydrogen-bond donors (Lipinski definition) is 3. The molecule has 2 fully saturated rings. The van der Waals surface area contributed by atoms with Gasteiger partial charge in [0.15, 0.2) is 0 Å². The number of carbonyl (C=O) groups is 3. The Morgan fingerprint density at radius 1 is 0.871 bits per heavy atom. The van der Waals surface area contributed by atoms with Gasteiger partial charge in [-0.3, -0.25) is 14.4 Å². The minimum atomic E-state index is -0.122.